The van der Waals surface area contributed by atoms with Crippen LogP contribution in [0.5, 0.6) is 0 Å². The van der Waals surface area contributed by atoms with Crippen LogP contribution in [0.3, 0.4) is 0 Å². The Kier molecular flexibility index (Phi) is 11.3. The zero-order chi connectivity index (χ0) is 16.0. The molecule has 0 saturated carbocycles. The summed E-state index contributed by atoms with van der Waals surface area (Å²) in [5, 5.41) is 6.23. The number of rotatable bonds is 6. The zero-order valence-corrected chi connectivity index (χ0v) is 15.4. The summed E-state index contributed by atoms with van der Waals surface area (Å²) >= 11 is 0. The average molecular weight is 394 g/mol. The highest BCUT2D eigenvalue weighted by atomic mass is 35.5. The van der Waals surface area contributed by atoms with Crippen molar-refractivity contribution in [3.8, 4) is 0 Å². The van der Waals surface area contributed by atoms with Crippen LogP contribution in [-0.2, 0) is 4.79 Å². The highest BCUT2D eigenvalue weighted by Gasteiger charge is 2.32. The average Bonchev–Trinajstić information content (AvgIpc) is 2.92. The van der Waals surface area contributed by atoms with Crippen molar-refractivity contribution < 1.29 is 18.0 Å². The third kappa shape index (κ3) is 9.30. The van der Waals surface area contributed by atoms with E-state index in [2.05, 4.69) is 10.6 Å². The molecular weight excluding hydrogens is 366 g/mol. The minimum absolute atomic E-state index is 0. The number of likely N-dealkylation sites (tertiary alicyclic amines) is 1. The fourth-order valence-corrected chi connectivity index (χ4v) is 3.33. The van der Waals surface area contributed by atoms with Gasteiger partial charge in [0.15, 0.2) is 0 Å². The van der Waals surface area contributed by atoms with Gasteiger partial charge in [0, 0.05) is 19.0 Å². The van der Waals surface area contributed by atoms with Gasteiger partial charge in [-0.05, 0) is 57.7 Å². The third-order valence-electron chi connectivity index (χ3n) is 4.58. The molecule has 2 aliphatic heterocycles. The van der Waals surface area contributed by atoms with Gasteiger partial charge in [-0.15, -0.1) is 24.8 Å². The zero-order valence-electron chi connectivity index (χ0n) is 13.7. The van der Waals surface area contributed by atoms with Crippen molar-refractivity contribution in [1.82, 2.24) is 15.5 Å². The van der Waals surface area contributed by atoms with Crippen LogP contribution in [0.25, 0.3) is 0 Å². The van der Waals surface area contributed by atoms with Gasteiger partial charge in [-0.1, -0.05) is 0 Å². The predicted molar refractivity (Wildman–Crippen MR) is 93.0 cm³/mol. The molecule has 1 amide bonds. The molecule has 0 bridgehead atoms. The SMILES string of the molecule is Cl.Cl.O=C(CC1CCCN1)NCCC1CCN(CC(F)(F)F)CC1. The molecule has 9 heteroatoms. The molecule has 1 unspecified atom stereocenters. The lowest BCUT2D eigenvalue weighted by Crippen LogP contribution is -2.40. The number of halogens is 5. The molecule has 2 heterocycles. The molecule has 2 saturated heterocycles. The van der Waals surface area contributed by atoms with E-state index < -0.39 is 12.7 Å². The molecule has 4 nitrogen and oxygen atoms in total. The number of amides is 1. The summed E-state index contributed by atoms with van der Waals surface area (Å²) in [5.41, 5.74) is 0. The molecule has 2 fully saturated rings. The van der Waals surface area contributed by atoms with Crippen molar-refractivity contribution >= 4 is 30.7 Å². The van der Waals surface area contributed by atoms with Crippen LogP contribution >= 0.6 is 24.8 Å². The van der Waals surface area contributed by atoms with Crippen molar-refractivity contribution in [1.29, 1.82) is 0 Å². The maximum Gasteiger partial charge on any atom is 0.401 e. The molecule has 1 atom stereocenters. The Morgan fingerprint density at radius 2 is 1.83 bits per heavy atom. The van der Waals surface area contributed by atoms with E-state index in [0.717, 1.165) is 38.6 Å². The van der Waals surface area contributed by atoms with Gasteiger partial charge in [-0.3, -0.25) is 9.69 Å². The first-order chi connectivity index (χ1) is 10.4. The molecule has 24 heavy (non-hydrogen) atoms. The van der Waals surface area contributed by atoms with Gasteiger partial charge in [-0.25, -0.2) is 0 Å². The number of carbonyl (C=O) groups excluding carboxylic acids is 1. The summed E-state index contributed by atoms with van der Waals surface area (Å²) < 4.78 is 36.9. The largest absolute Gasteiger partial charge is 0.401 e. The molecule has 0 spiro atoms. The fraction of sp³-hybridized carbons (Fsp3) is 0.933. The lowest BCUT2D eigenvalue weighted by atomic mass is 9.93. The van der Waals surface area contributed by atoms with Crippen molar-refractivity contribution in [3.63, 3.8) is 0 Å². The van der Waals surface area contributed by atoms with E-state index in [9.17, 15) is 18.0 Å². The topological polar surface area (TPSA) is 44.4 Å². The highest BCUT2D eigenvalue weighted by Crippen LogP contribution is 2.24. The molecule has 2 rings (SSSR count). The minimum atomic E-state index is -4.10. The van der Waals surface area contributed by atoms with Crippen molar-refractivity contribution in [2.24, 2.45) is 5.92 Å². The lowest BCUT2D eigenvalue weighted by molar-refractivity contribution is -0.148. The molecule has 0 aromatic carbocycles. The second kappa shape index (κ2) is 11.4. The van der Waals surface area contributed by atoms with Gasteiger partial charge in [0.1, 0.15) is 0 Å². The van der Waals surface area contributed by atoms with Gasteiger partial charge in [-0.2, -0.15) is 13.2 Å². The Bertz CT molecular complexity index is 358. The molecule has 0 aromatic rings. The smallest absolute Gasteiger partial charge is 0.356 e. The summed E-state index contributed by atoms with van der Waals surface area (Å²) in [5.74, 6) is 0.503. The summed E-state index contributed by atoms with van der Waals surface area (Å²) in [6.45, 7) is 1.84. The van der Waals surface area contributed by atoms with Gasteiger partial charge in [0.05, 0.1) is 6.54 Å². The van der Waals surface area contributed by atoms with E-state index >= 15 is 0 Å². The van der Waals surface area contributed by atoms with Crippen LogP contribution in [0.1, 0.15) is 38.5 Å². The molecule has 0 radical (unpaired) electrons. The number of hydrogen-bond donors (Lipinski definition) is 2. The van der Waals surface area contributed by atoms with Gasteiger partial charge in [0.25, 0.3) is 0 Å². The first-order valence-corrected chi connectivity index (χ1v) is 8.21. The lowest BCUT2D eigenvalue weighted by Gasteiger charge is -2.32. The van der Waals surface area contributed by atoms with Crippen LogP contribution in [-0.4, -0.2) is 55.7 Å². The Labute approximate surface area is 154 Å². The van der Waals surface area contributed by atoms with E-state index in [4.69, 9.17) is 0 Å². The number of piperidine rings is 1. The van der Waals surface area contributed by atoms with Crippen molar-refractivity contribution in [2.45, 2.75) is 50.7 Å². The number of hydrogen-bond acceptors (Lipinski definition) is 3. The Morgan fingerprint density at radius 3 is 2.38 bits per heavy atom. The van der Waals surface area contributed by atoms with Crippen LogP contribution in [0.15, 0.2) is 0 Å². The maximum atomic E-state index is 12.3. The third-order valence-corrected chi connectivity index (χ3v) is 4.58. The van der Waals surface area contributed by atoms with Crippen LogP contribution in [0, 0.1) is 5.92 Å². The molecule has 0 aliphatic carbocycles. The normalized spacial score (nSPS) is 22.5. The Hall–Kier alpha value is -0.240. The van der Waals surface area contributed by atoms with E-state index in [-0.39, 0.29) is 30.7 Å². The van der Waals surface area contributed by atoms with Crippen LogP contribution < -0.4 is 10.6 Å². The second-order valence-electron chi connectivity index (χ2n) is 6.47. The van der Waals surface area contributed by atoms with Crippen LogP contribution in [0.2, 0.25) is 0 Å². The standard InChI is InChI=1S/C15H26F3N3O.2ClH/c16-15(17,18)11-21-8-4-12(5-9-21)3-7-20-14(22)10-13-2-1-6-19-13;;/h12-13,19H,1-11H2,(H,20,22);2*1H. The monoisotopic (exact) mass is 393 g/mol. The molecule has 0 aromatic heterocycles. The summed E-state index contributed by atoms with van der Waals surface area (Å²) in [6.07, 6.45) is 1.06. The van der Waals surface area contributed by atoms with E-state index in [1.54, 1.807) is 0 Å². The summed E-state index contributed by atoms with van der Waals surface area (Å²) in [6, 6.07) is 0.311. The van der Waals surface area contributed by atoms with E-state index in [0.29, 0.717) is 38.0 Å². The van der Waals surface area contributed by atoms with Crippen molar-refractivity contribution in [3.05, 3.63) is 0 Å². The molecular formula is C15H28Cl2F3N3O. The van der Waals surface area contributed by atoms with Gasteiger partial charge < -0.3 is 10.6 Å². The maximum absolute atomic E-state index is 12.3. The van der Waals surface area contributed by atoms with Crippen LogP contribution in [0.4, 0.5) is 13.2 Å². The fourth-order valence-electron chi connectivity index (χ4n) is 3.33. The van der Waals surface area contributed by atoms with E-state index in [1.807, 2.05) is 0 Å². The first kappa shape index (κ1) is 23.8. The number of carbonyl (C=O) groups is 1. The highest BCUT2D eigenvalue weighted by molar-refractivity contribution is 5.85. The van der Waals surface area contributed by atoms with Gasteiger partial charge >= 0.3 is 6.18 Å². The number of nitrogens with one attached hydrogen (secondary N) is 2. The van der Waals surface area contributed by atoms with Crippen molar-refractivity contribution in [2.75, 3.05) is 32.7 Å². The molecule has 144 valence electrons. The summed E-state index contributed by atoms with van der Waals surface area (Å²) in [4.78, 5) is 13.2. The second-order valence-corrected chi connectivity index (χ2v) is 6.47. The summed E-state index contributed by atoms with van der Waals surface area (Å²) in [7, 11) is 0. The molecule has 2 aliphatic rings. The number of alkyl halides is 3. The number of nitrogens with zero attached hydrogens (tertiary/aromatic N) is 1. The minimum Gasteiger partial charge on any atom is -0.356 e. The molecule has 2 N–H and O–H groups in total. The Balaban J connectivity index is 0.00000264. The Morgan fingerprint density at radius 1 is 1.17 bits per heavy atom. The van der Waals surface area contributed by atoms with Gasteiger partial charge in [0.2, 0.25) is 5.91 Å². The first-order valence-electron chi connectivity index (χ1n) is 8.21. The quantitative estimate of drug-likeness (QED) is 0.728. The van der Waals surface area contributed by atoms with E-state index in [1.165, 1.54) is 4.90 Å². The predicted octanol–water partition coefficient (Wildman–Crippen LogP) is 2.75.